The largest absolute Gasteiger partial charge is 0.438 e. The molecule has 0 spiro atoms. The number of rotatable bonds is 5. The molecule has 3 N–H and O–H groups in total. The van der Waals surface area contributed by atoms with E-state index in [1.807, 2.05) is 6.07 Å². The first-order valence-electron chi connectivity index (χ1n) is 5.76. The highest BCUT2D eigenvalue weighted by atomic mass is 35.5. The number of hydrogen-bond donors (Lipinski definition) is 2. The molecule has 0 aliphatic heterocycles. The highest BCUT2D eigenvalue weighted by Gasteiger charge is 2.32. The molecule has 100 valence electrons. The lowest BCUT2D eigenvalue weighted by atomic mass is 9.89. The summed E-state index contributed by atoms with van der Waals surface area (Å²) in [6, 6.07) is 7.12. The average molecular weight is 272 g/mol. The minimum atomic E-state index is -0.929. The van der Waals surface area contributed by atoms with Crippen molar-refractivity contribution >= 4 is 17.7 Å². The van der Waals surface area contributed by atoms with Crippen molar-refractivity contribution in [3.8, 4) is 0 Å². The molecule has 18 heavy (non-hydrogen) atoms. The van der Waals surface area contributed by atoms with Gasteiger partial charge in [-0.15, -0.1) is 0 Å². The smallest absolute Gasteiger partial charge is 0.405 e. The molecule has 0 fully saturated rings. The number of carbonyl (C=O) groups excluding carboxylic acids is 1. The molecule has 0 bridgehead atoms. The number of ether oxygens (including phenoxy) is 1. The van der Waals surface area contributed by atoms with E-state index in [9.17, 15) is 9.90 Å². The number of amides is 1. The van der Waals surface area contributed by atoms with Gasteiger partial charge < -0.3 is 15.6 Å². The predicted octanol–water partition coefficient (Wildman–Crippen LogP) is 2.81. The number of primary amides is 1. The maximum absolute atomic E-state index is 11.0. The quantitative estimate of drug-likeness (QED) is 0.865. The van der Waals surface area contributed by atoms with Gasteiger partial charge >= 0.3 is 6.09 Å². The summed E-state index contributed by atoms with van der Waals surface area (Å²) < 4.78 is 5.20. The molecular formula is C13H18ClNO3. The summed E-state index contributed by atoms with van der Waals surface area (Å²) in [4.78, 5) is 11.0. The van der Waals surface area contributed by atoms with Gasteiger partial charge in [0.25, 0.3) is 0 Å². The fraction of sp³-hybridized carbons (Fsp3) is 0.462. The topological polar surface area (TPSA) is 72.6 Å². The lowest BCUT2D eigenvalue weighted by molar-refractivity contribution is 0.0103. The van der Waals surface area contributed by atoms with Crippen LogP contribution in [-0.4, -0.2) is 17.3 Å². The van der Waals surface area contributed by atoms with E-state index in [4.69, 9.17) is 22.1 Å². The van der Waals surface area contributed by atoms with Crippen LogP contribution in [0.4, 0.5) is 4.79 Å². The standard InChI is InChI=1S/C13H18ClNO3/c1-9(16)7-8-13(2,18-12(15)17)10-5-3-4-6-11(10)14/h3-6,9,16H,7-8H2,1-2H3,(H2,15,17). The van der Waals surface area contributed by atoms with E-state index >= 15 is 0 Å². The Hall–Kier alpha value is -1.26. The second-order valence-corrected chi connectivity index (χ2v) is 4.93. The molecule has 0 radical (unpaired) electrons. The predicted molar refractivity (Wildman–Crippen MR) is 70.4 cm³/mol. The van der Waals surface area contributed by atoms with Crippen LogP contribution in [0, 0.1) is 0 Å². The second kappa shape index (κ2) is 6.07. The van der Waals surface area contributed by atoms with Crippen molar-refractivity contribution in [1.29, 1.82) is 0 Å². The normalized spacial score (nSPS) is 15.8. The Balaban J connectivity index is 3.03. The molecule has 0 saturated carbocycles. The van der Waals surface area contributed by atoms with Gasteiger partial charge in [0, 0.05) is 10.6 Å². The first-order valence-corrected chi connectivity index (χ1v) is 6.14. The summed E-state index contributed by atoms with van der Waals surface area (Å²) >= 11 is 6.11. The van der Waals surface area contributed by atoms with Crippen LogP contribution in [0.25, 0.3) is 0 Å². The average Bonchev–Trinajstić information content (AvgIpc) is 2.26. The van der Waals surface area contributed by atoms with Crippen LogP contribution in [0.3, 0.4) is 0 Å². The maximum Gasteiger partial charge on any atom is 0.405 e. The highest BCUT2D eigenvalue weighted by Crippen LogP contribution is 2.35. The zero-order valence-electron chi connectivity index (χ0n) is 10.5. The SMILES string of the molecule is CC(O)CCC(C)(OC(N)=O)c1ccccc1Cl. The monoisotopic (exact) mass is 271 g/mol. The molecule has 1 rings (SSSR count). The number of aliphatic hydroxyl groups is 1. The minimum absolute atomic E-state index is 0.442. The third-order valence-corrected chi connectivity index (χ3v) is 3.14. The van der Waals surface area contributed by atoms with Crippen molar-refractivity contribution in [2.45, 2.75) is 38.4 Å². The van der Waals surface area contributed by atoms with Gasteiger partial charge in [-0.05, 0) is 32.8 Å². The van der Waals surface area contributed by atoms with Gasteiger partial charge in [-0.3, -0.25) is 0 Å². The summed E-state index contributed by atoms with van der Waals surface area (Å²) in [5.74, 6) is 0. The Morgan fingerprint density at radius 1 is 1.56 bits per heavy atom. The van der Waals surface area contributed by atoms with Gasteiger partial charge in [-0.1, -0.05) is 29.8 Å². The fourth-order valence-corrected chi connectivity index (χ4v) is 2.17. The Labute approximate surface area is 112 Å². The van der Waals surface area contributed by atoms with Crippen molar-refractivity contribution in [3.63, 3.8) is 0 Å². The number of aliphatic hydroxyl groups excluding tert-OH is 1. The number of carbonyl (C=O) groups is 1. The third kappa shape index (κ3) is 3.89. The van der Waals surface area contributed by atoms with Crippen LogP contribution in [0.2, 0.25) is 5.02 Å². The van der Waals surface area contributed by atoms with E-state index in [1.54, 1.807) is 32.0 Å². The van der Waals surface area contributed by atoms with E-state index in [1.165, 1.54) is 0 Å². The van der Waals surface area contributed by atoms with Crippen molar-refractivity contribution < 1.29 is 14.6 Å². The molecule has 0 saturated heterocycles. The lowest BCUT2D eigenvalue weighted by Gasteiger charge is -2.30. The van der Waals surface area contributed by atoms with Crippen LogP contribution < -0.4 is 5.73 Å². The molecule has 0 aromatic heterocycles. The van der Waals surface area contributed by atoms with Gasteiger partial charge in [-0.25, -0.2) is 4.79 Å². The van der Waals surface area contributed by atoms with Gasteiger partial charge in [-0.2, -0.15) is 0 Å². The molecule has 0 aliphatic rings. The summed E-state index contributed by atoms with van der Waals surface area (Å²) in [6.07, 6.45) is -0.418. The van der Waals surface area contributed by atoms with Gasteiger partial charge in [0.1, 0.15) is 5.60 Å². The minimum Gasteiger partial charge on any atom is -0.438 e. The molecule has 5 heteroatoms. The molecule has 4 nitrogen and oxygen atoms in total. The Bertz CT molecular complexity index is 422. The molecule has 2 atom stereocenters. The first-order chi connectivity index (χ1) is 8.35. The van der Waals surface area contributed by atoms with Gasteiger partial charge in [0.05, 0.1) is 6.10 Å². The molecule has 1 aromatic carbocycles. The number of nitrogens with two attached hydrogens (primary N) is 1. The molecule has 0 aliphatic carbocycles. The zero-order valence-corrected chi connectivity index (χ0v) is 11.3. The van der Waals surface area contributed by atoms with E-state index in [-0.39, 0.29) is 0 Å². The molecule has 1 aromatic rings. The van der Waals surface area contributed by atoms with Crippen LogP contribution >= 0.6 is 11.6 Å². The maximum atomic E-state index is 11.0. The molecule has 2 unspecified atom stereocenters. The van der Waals surface area contributed by atoms with Crippen LogP contribution in [0.5, 0.6) is 0 Å². The van der Waals surface area contributed by atoms with Crippen LogP contribution in [0.1, 0.15) is 32.3 Å². The Morgan fingerprint density at radius 3 is 2.67 bits per heavy atom. The zero-order chi connectivity index (χ0) is 13.8. The summed E-state index contributed by atoms with van der Waals surface area (Å²) in [7, 11) is 0. The molecule has 0 heterocycles. The van der Waals surface area contributed by atoms with E-state index in [2.05, 4.69) is 0 Å². The van der Waals surface area contributed by atoms with Gasteiger partial charge in [0.15, 0.2) is 0 Å². The van der Waals surface area contributed by atoms with Crippen LogP contribution in [-0.2, 0) is 10.3 Å². The number of hydrogen-bond acceptors (Lipinski definition) is 3. The number of benzene rings is 1. The molecular weight excluding hydrogens is 254 g/mol. The Kier molecular flexibility index (Phi) is 4.99. The van der Waals surface area contributed by atoms with E-state index in [0.717, 1.165) is 0 Å². The highest BCUT2D eigenvalue weighted by molar-refractivity contribution is 6.31. The van der Waals surface area contributed by atoms with Gasteiger partial charge in [0.2, 0.25) is 0 Å². The summed E-state index contributed by atoms with van der Waals surface area (Å²) in [6.45, 7) is 3.42. The van der Waals surface area contributed by atoms with Crippen molar-refractivity contribution in [3.05, 3.63) is 34.9 Å². The number of halogens is 1. The van der Waals surface area contributed by atoms with Crippen molar-refractivity contribution in [2.24, 2.45) is 5.73 Å². The summed E-state index contributed by atoms with van der Waals surface area (Å²) in [5, 5.41) is 9.87. The third-order valence-electron chi connectivity index (χ3n) is 2.81. The fourth-order valence-electron chi connectivity index (χ4n) is 1.84. The van der Waals surface area contributed by atoms with Crippen LogP contribution in [0.15, 0.2) is 24.3 Å². The molecule has 1 amide bonds. The van der Waals surface area contributed by atoms with E-state index in [0.29, 0.717) is 23.4 Å². The second-order valence-electron chi connectivity index (χ2n) is 4.52. The lowest BCUT2D eigenvalue weighted by Crippen LogP contribution is -2.33. The van der Waals surface area contributed by atoms with E-state index < -0.39 is 17.8 Å². The summed E-state index contributed by atoms with van der Waals surface area (Å²) in [5.41, 5.74) is 4.86. The van der Waals surface area contributed by atoms with Crippen molar-refractivity contribution in [2.75, 3.05) is 0 Å². The Morgan fingerprint density at radius 2 is 2.17 bits per heavy atom. The first kappa shape index (κ1) is 14.8. The van der Waals surface area contributed by atoms with Crippen molar-refractivity contribution in [1.82, 2.24) is 0 Å².